The first-order chi connectivity index (χ1) is 10.2. The van der Waals surface area contributed by atoms with Gasteiger partial charge in [0.25, 0.3) is 0 Å². The molecule has 2 heterocycles. The minimum atomic E-state index is 0.347. The maximum absolute atomic E-state index is 6.02. The topological polar surface area (TPSA) is 56.1 Å². The van der Waals surface area contributed by atoms with E-state index >= 15 is 0 Å². The van der Waals surface area contributed by atoms with E-state index in [9.17, 15) is 0 Å². The molecule has 0 aliphatic heterocycles. The van der Waals surface area contributed by atoms with Crippen molar-refractivity contribution in [3.63, 3.8) is 0 Å². The fourth-order valence-electron chi connectivity index (χ4n) is 2.43. The molecule has 0 amide bonds. The Labute approximate surface area is 130 Å². The van der Waals surface area contributed by atoms with Gasteiger partial charge in [0.1, 0.15) is 12.2 Å². The molecule has 0 spiro atoms. The van der Waals surface area contributed by atoms with E-state index in [2.05, 4.69) is 38.3 Å². The average Bonchev–Trinajstić information content (AvgIpc) is 2.89. The zero-order valence-corrected chi connectivity index (χ0v) is 13.6. The Hall–Kier alpha value is -1.40. The van der Waals surface area contributed by atoms with Gasteiger partial charge >= 0.3 is 0 Å². The number of aromatic nitrogens is 4. The van der Waals surface area contributed by atoms with Gasteiger partial charge in [0.05, 0.1) is 13.0 Å². The van der Waals surface area contributed by atoms with E-state index in [-0.39, 0.29) is 0 Å². The van der Waals surface area contributed by atoms with Crippen LogP contribution in [0.1, 0.15) is 26.1 Å². The van der Waals surface area contributed by atoms with Gasteiger partial charge in [-0.05, 0) is 19.5 Å². The van der Waals surface area contributed by atoms with Crippen molar-refractivity contribution < 1.29 is 4.74 Å². The number of ether oxygens (including phenoxy) is 1. The van der Waals surface area contributed by atoms with Crippen LogP contribution in [0.25, 0.3) is 11.2 Å². The Bertz CT molecular complexity index is 586. The number of alkyl halides is 1. The summed E-state index contributed by atoms with van der Waals surface area (Å²) in [6, 6.07) is 0. The number of methoxy groups -OCH3 is 1. The van der Waals surface area contributed by atoms with Crippen LogP contribution in [-0.2, 0) is 12.4 Å². The molecule has 21 heavy (non-hydrogen) atoms. The summed E-state index contributed by atoms with van der Waals surface area (Å²) < 4.78 is 7.31. The van der Waals surface area contributed by atoms with Gasteiger partial charge in [0, 0.05) is 13.1 Å². The third-order valence-corrected chi connectivity index (χ3v) is 3.76. The first kappa shape index (κ1) is 16.0. The molecule has 0 aliphatic carbocycles. The predicted molar refractivity (Wildman–Crippen MR) is 83.8 cm³/mol. The van der Waals surface area contributed by atoms with Gasteiger partial charge in [-0.25, -0.2) is 9.97 Å². The summed E-state index contributed by atoms with van der Waals surface area (Å²) in [7, 11) is 1.58. The number of hydrogen-bond donors (Lipinski definition) is 0. The number of nitrogens with zero attached hydrogens (tertiary/aromatic N) is 5. The number of halogens is 1. The van der Waals surface area contributed by atoms with Crippen LogP contribution < -0.4 is 4.74 Å². The minimum Gasteiger partial charge on any atom is -0.479 e. The van der Waals surface area contributed by atoms with Gasteiger partial charge < -0.3 is 14.2 Å². The maximum atomic E-state index is 6.02. The molecule has 0 radical (unpaired) electrons. The lowest BCUT2D eigenvalue weighted by Gasteiger charge is -2.20. The van der Waals surface area contributed by atoms with Crippen molar-refractivity contribution in [3.05, 3.63) is 12.2 Å². The van der Waals surface area contributed by atoms with Crippen molar-refractivity contribution in [1.29, 1.82) is 0 Å². The summed E-state index contributed by atoms with van der Waals surface area (Å²) in [5.74, 6) is 1.64. The molecular weight excluding hydrogens is 290 g/mol. The molecule has 0 atom stereocenters. The van der Waals surface area contributed by atoms with Crippen LogP contribution in [-0.4, -0.2) is 51.2 Å². The van der Waals surface area contributed by atoms with Crippen LogP contribution in [0.4, 0.5) is 0 Å². The second-order valence-corrected chi connectivity index (χ2v) is 5.07. The van der Waals surface area contributed by atoms with Gasteiger partial charge in [-0.3, -0.25) is 0 Å². The van der Waals surface area contributed by atoms with Crippen LogP contribution in [0, 0.1) is 0 Å². The van der Waals surface area contributed by atoms with E-state index in [0.717, 1.165) is 44.1 Å². The monoisotopic (exact) mass is 311 g/mol. The van der Waals surface area contributed by atoms with Crippen molar-refractivity contribution in [3.8, 4) is 5.88 Å². The molecule has 0 aromatic carbocycles. The molecule has 2 aromatic rings. The molecule has 0 saturated carbocycles. The molecular formula is C14H22ClN5O. The fourth-order valence-corrected chi connectivity index (χ4v) is 2.64. The van der Waals surface area contributed by atoms with Crippen LogP contribution in [0.5, 0.6) is 5.88 Å². The summed E-state index contributed by atoms with van der Waals surface area (Å²) >= 11 is 6.02. The van der Waals surface area contributed by atoms with Gasteiger partial charge in [0.15, 0.2) is 11.2 Å². The van der Waals surface area contributed by atoms with Gasteiger partial charge in [0.2, 0.25) is 5.88 Å². The number of rotatable bonds is 8. The van der Waals surface area contributed by atoms with Gasteiger partial charge in [-0.1, -0.05) is 13.8 Å². The van der Waals surface area contributed by atoms with Gasteiger partial charge in [-0.2, -0.15) is 4.98 Å². The summed E-state index contributed by atoms with van der Waals surface area (Å²) in [4.78, 5) is 15.4. The highest BCUT2D eigenvalue weighted by Crippen LogP contribution is 2.22. The summed E-state index contributed by atoms with van der Waals surface area (Å²) in [5, 5.41) is 0. The Morgan fingerprint density at radius 1 is 1.29 bits per heavy atom. The lowest BCUT2D eigenvalue weighted by Crippen LogP contribution is -2.28. The van der Waals surface area contributed by atoms with Crippen molar-refractivity contribution in [1.82, 2.24) is 24.4 Å². The third kappa shape index (κ3) is 3.44. The first-order valence-corrected chi connectivity index (χ1v) is 7.80. The molecule has 0 aliphatic rings. The second-order valence-electron chi connectivity index (χ2n) is 4.80. The molecule has 2 aromatic heterocycles. The van der Waals surface area contributed by atoms with Crippen LogP contribution in [0.2, 0.25) is 0 Å². The Balaban J connectivity index is 2.29. The molecule has 0 N–H and O–H groups in total. The quantitative estimate of drug-likeness (QED) is 0.700. The lowest BCUT2D eigenvalue weighted by molar-refractivity contribution is 0.277. The zero-order chi connectivity index (χ0) is 15.2. The summed E-state index contributed by atoms with van der Waals surface area (Å²) in [6.45, 7) is 8.26. The first-order valence-electron chi connectivity index (χ1n) is 7.27. The number of fused-ring (bicyclic) bond motifs is 1. The molecule has 116 valence electrons. The van der Waals surface area contributed by atoms with E-state index in [1.807, 2.05) is 0 Å². The average molecular weight is 312 g/mol. The molecule has 0 saturated heterocycles. The number of likely N-dealkylation sites (N-methyl/N-ethyl adjacent to an activating group) is 1. The Kier molecular flexibility index (Phi) is 5.76. The Morgan fingerprint density at radius 3 is 2.71 bits per heavy atom. The molecule has 0 unspecified atom stereocenters. The number of hydrogen-bond acceptors (Lipinski definition) is 5. The third-order valence-electron chi connectivity index (χ3n) is 3.52. The molecule has 7 heteroatoms. The largest absolute Gasteiger partial charge is 0.479 e. The molecule has 0 bridgehead atoms. The van der Waals surface area contributed by atoms with Gasteiger partial charge in [-0.15, -0.1) is 11.6 Å². The van der Waals surface area contributed by atoms with Crippen molar-refractivity contribution in [2.24, 2.45) is 0 Å². The summed E-state index contributed by atoms with van der Waals surface area (Å²) in [5.41, 5.74) is 1.46. The Morgan fingerprint density at radius 2 is 2.10 bits per heavy atom. The normalized spacial score (nSPS) is 11.5. The minimum absolute atomic E-state index is 0.347. The van der Waals surface area contributed by atoms with Crippen molar-refractivity contribution >= 4 is 22.8 Å². The molecule has 2 rings (SSSR count). The highest BCUT2D eigenvalue weighted by Gasteiger charge is 2.16. The standard InChI is InChI=1S/C14H22ClN5O/c1-4-6-19(5-2)7-8-20-11(9-15)18-12-13(20)16-10-17-14(12)21-3/h10H,4-9H2,1-3H3. The molecule has 0 fully saturated rings. The highest BCUT2D eigenvalue weighted by atomic mass is 35.5. The SMILES string of the molecule is CCCN(CC)CCn1c(CCl)nc2c(OC)ncnc21. The van der Waals surface area contributed by atoms with Crippen LogP contribution in [0.3, 0.4) is 0 Å². The summed E-state index contributed by atoms with van der Waals surface area (Å²) in [6.07, 6.45) is 2.65. The van der Waals surface area contributed by atoms with Crippen molar-refractivity contribution in [2.75, 3.05) is 26.7 Å². The van der Waals surface area contributed by atoms with E-state index in [1.54, 1.807) is 7.11 Å². The smallest absolute Gasteiger partial charge is 0.245 e. The predicted octanol–water partition coefficient (Wildman–Crippen LogP) is 2.31. The van der Waals surface area contributed by atoms with Crippen molar-refractivity contribution in [2.45, 2.75) is 32.7 Å². The number of imidazole rings is 1. The zero-order valence-electron chi connectivity index (χ0n) is 12.8. The van der Waals surface area contributed by atoms with E-state index in [4.69, 9.17) is 16.3 Å². The van der Waals surface area contributed by atoms with E-state index in [0.29, 0.717) is 17.3 Å². The lowest BCUT2D eigenvalue weighted by atomic mass is 10.4. The van der Waals surface area contributed by atoms with E-state index < -0.39 is 0 Å². The maximum Gasteiger partial charge on any atom is 0.245 e. The highest BCUT2D eigenvalue weighted by molar-refractivity contribution is 6.16. The fraction of sp³-hybridized carbons (Fsp3) is 0.643. The van der Waals surface area contributed by atoms with E-state index in [1.165, 1.54) is 6.33 Å². The molecule has 6 nitrogen and oxygen atoms in total. The second kappa shape index (κ2) is 7.56. The van der Waals surface area contributed by atoms with Crippen LogP contribution in [0.15, 0.2) is 6.33 Å². The van der Waals surface area contributed by atoms with Crippen LogP contribution >= 0.6 is 11.6 Å².